The molecule has 0 saturated carbocycles. The average molecular weight is 278 g/mol. The molecule has 0 spiro atoms. The first-order valence-corrected chi connectivity index (χ1v) is 6.73. The van der Waals surface area contributed by atoms with Gasteiger partial charge in [-0.3, -0.25) is 9.59 Å². The second kappa shape index (κ2) is 7.65. The van der Waals surface area contributed by atoms with Crippen molar-refractivity contribution in [2.24, 2.45) is 5.73 Å². The first kappa shape index (κ1) is 16.2. The summed E-state index contributed by atoms with van der Waals surface area (Å²) in [5.41, 5.74) is 6.93. The molecular weight excluding hydrogens is 256 g/mol. The second-order valence-electron chi connectivity index (χ2n) is 5.05. The third kappa shape index (κ3) is 5.01. The van der Waals surface area contributed by atoms with Gasteiger partial charge in [0.05, 0.1) is 6.42 Å². The fourth-order valence-electron chi connectivity index (χ4n) is 2.01. The predicted molar refractivity (Wildman–Crippen MR) is 77.1 cm³/mol. The van der Waals surface area contributed by atoms with Gasteiger partial charge in [-0.15, -0.1) is 0 Å². The monoisotopic (exact) mass is 278 g/mol. The van der Waals surface area contributed by atoms with E-state index in [1.165, 1.54) is 0 Å². The Bertz CT molecular complexity index is 446. The number of carbonyl (C=O) groups excluding carboxylic acids is 1. The number of nitrogens with zero attached hydrogens (tertiary/aromatic N) is 1. The normalized spacial score (nSPS) is 12.2. The highest BCUT2D eigenvalue weighted by atomic mass is 16.4. The molecule has 1 unspecified atom stereocenters. The molecule has 1 amide bonds. The van der Waals surface area contributed by atoms with E-state index in [0.717, 1.165) is 5.56 Å². The van der Waals surface area contributed by atoms with Crippen LogP contribution in [-0.2, 0) is 9.59 Å². The number of rotatable bonds is 7. The molecule has 0 radical (unpaired) electrons. The smallest absolute Gasteiger partial charge is 0.305 e. The third-order valence-corrected chi connectivity index (χ3v) is 3.13. The summed E-state index contributed by atoms with van der Waals surface area (Å²) in [5, 5.41) is 8.72. The van der Waals surface area contributed by atoms with Crippen molar-refractivity contribution in [3.05, 3.63) is 35.9 Å². The van der Waals surface area contributed by atoms with Gasteiger partial charge in [-0.25, -0.2) is 0 Å². The lowest BCUT2D eigenvalue weighted by Crippen LogP contribution is -2.39. The van der Waals surface area contributed by atoms with Crippen molar-refractivity contribution >= 4 is 11.9 Å². The van der Waals surface area contributed by atoms with Crippen molar-refractivity contribution < 1.29 is 14.7 Å². The van der Waals surface area contributed by atoms with Crippen molar-refractivity contribution in [1.82, 2.24) is 4.90 Å². The number of carboxylic acids is 1. The quantitative estimate of drug-likeness (QED) is 0.796. The molecular formula is C15H22N2O3. The fourth-order valence-corrected chi connectivity index (χ4v) is 2.01. The number of hydrogen-bond acceptors (Lipinski definition) is 3. The molecule has 0 aliphatic heterocycles. The zero-order chi connectivity index (χ0) is 15.1. The van der Waals surface area contributed by atoms with Crippen LogP contribution in [0.25, 0.3) is 0 Å². The van der Waals surface area contributed by atoms with Crippen LogP contribution in [0.4, 0.5) is 0 Å². The Balaban J connectivity index is 2.64. The molecule has 0 heterocycles. The third-order valence-electron chi connectivity index (χ3n) is 3.13. The molecule has 1 atom stereocenters. The van der Waals surface area contributed by atoms with Gasteiger partial charge in [0, 0.05) is 25.0 Å². The van der Waals surface area contributed by atoms with Crippen LogP contribution in [0.15, 0.2) is 30.3 Å². The molecule has 0 saturated heterocycles. The summed E-state index contributed by atoms with van der Waals surface area (Å²) < 4.78 is 0. The molecule has 110 valence electrons. The molecule has 0 fully saturated rings. The van der Waals surface area contributed by atoms with E-state index in [1.54, 1.807) is 4.90 Å². The van der Waals surface area contributed by atoms with Gasteiger partial charge in [0.2, 0.25) is 5.91 Å². The number of carboxylic acid groups (broad SMARTS) is 1. The maximum Gasteiger partial charge on any atom is 0.305 e. The Hall–Kier alpha value is -1.88. The topological polar surface area (TPSA) is 83.6 Å². The van der Waals surface area contributed by atoms with Gasteiger partial charge >= 0.3 is 5.97 Å². The Morgan fingerprint density at radius 2 is 1.85 bits per heavy atom. The van der Waals surface area contributed by atoms with Crippen LogP contribution in [-0.4, -0.2) is 34.5 Å². The van der Waals surface area contributed by atoms with Crippen LogP contribution >= 0.6 is 0 Å². The molecule has 1 rings (SSSR count). The number of amides is 1. The lowest BCUT2D eigenvalue weighted by molar-refractivity contribution is -0.139. The van der Waals surface area contributed by atoms with Crippen molar-refractivity contribution in [2.75, 3.05) is 6.54 Å². The van der Waals surface area contributed by atoms with Crippen LogP contribution in [0.2, 0.25) is 0 Å². The van der Waals surface area contributed by atoms with Crippen molar-refractivity contribution in [3.8, 4) is 0 Å². The van der Waals surface area contributed by atoms with E-state index in [4.69, 9.17) is 10.8 Å². The Kier molecular flexibility index (Phi) is 6.18. The van der Waals surface area contributed by atoms with Crippen molar-refractivity contribution in [2.45, 2.75) is 38.8 Å². The predicted octanol–water partition coefficient (Wildman–Crippen LogP) is 1.79. The molecule has 0 aromatic heterocycles. The second-order valence-corrected chi connectivity index (χ2v) is 5.05. The zero-order valence-electron chi connectivity index (χ0n) is 12.0. The Morgan fingerprint density at radius 3 is 2.35 bits per heavy atom. The van der Waals surface area contributed by atoms with Crippen molar-refractivity contribution in [3.63, 3.8) is 0 Å². The maximum absolute atomic E-state index is 12.2. The average Bonchev–Trinajstić information content (AvgIpc) is 2.39. The number of hydrogen-bond donors (Lipinski definition) is 2. The van der Waals surface area contributed by atoms with Gasteiger partial charge in [-0.05, 0) is 19.4 Å². The summed E-state index contributed by atoms with van der Waals surface area (Å²) in [6, 6.07) is 9.02. The molecule has 0 aliphatic rings. The van der Waals surface area contributed by atoms with Gasteiger partial charge in [0.15, 0.2) is 0 Å². The fraction of sp³-hybridized carbons (Fsp3) is 0.467. The maximum atomic E-state index is 12.2. The highest BCUT2D eigenvalue weighted by molar-refractivity contribution is 5.78. The molecule has 0 aliphatic carbocycles. The van der Waals surface area contributed by atoms with Gasteiger partial charge in [0.1, 0.15) is 0 Å². The molecule has 20 heavy (non-hydrogen) atoms. The van der Waals surface area contributed by atoms with E-state index in [2.05, 4.69) is 0 Å². The van der Waals surface area contributed by atoms with E-state index < -0.39 is 5.97 Å². The number of carbonyl (C=O) groups is 2. The molecule has 5 nitrogen and oxygen atoms in total. The van der Waals surface area contributed by atoms with E-state index in [0.29, 0.717) is 0 Å². The minimum Gasteiger partial charge on any atom is -0.481 e. The SMILES string of the molecule is CC(C)N(CCC(=O)O)C(=O)CC(N)c1ccccc1. The molecule has 1 aromatic carbocycles. The van der Waals surface area contributed by atoms with Crippen LogP contribution in [0.3, 0.4) is 0 Å². The van der Waals surface area contributed by atoms with Gasteiger partial charge in [-0.2, -0.15) is 0 Å². The largest absolute Gasteiger partial charge is 0.481 e. The molecule has 5 heteroatoms. The summed E-state index contributed by atoms with van der Waals surface area (Å²) in [6.07, 6.45) is 0.131. The van der Waals surface area contributed by atoms with Gasteiger partial charge < -0.3 is 15.7 Å². The van der Waals surface area contributed by atoms with Crippen LogP contribution in [0.1, 0.15) is 38.3 Å². The summed E-state index contributed by atoms with van der Waals surface area (Å²) in [7, 11) is 0. The Morgan fingerprint density at radius 1 is 1.25 bits per heavy atom. The minimum atomic E-state index is -0.907. The van der Waals surface area contributed by atoms with Gasteiger partial charge in [0.25, 0.3) is 0 Å². The van der Waals surface area contributed by atoms with E-state index in [1.807, 2.05) is 44.2 Å². The zero-order valence-corrected chi connectivity index (χ0v) is 12.0. The first-order valence-electron chi connectivity index (χ1n) is 6.73. The van der Waals surface area contributed by atoms with Crippen LogP contribution < -0.4 is 5.73 Å². The molecule has 3 N–H and O–H groups in total. The van der Waals surface area contributed by atoms with Crippen molar-refractivity contribution in [1.29, 1.82) is 0 Å². The lowest BCUT2D eigenvalue weighted by Gasteiger charge is -2.27. The number of aliphatic carboxylic acids is 1. The number of benzene rings is 1. The van der Waals surface area contributed by atoms with E-state index in [9.17, 15) is 9.59 Å². The van der Waals surface area contributed by atoms with Crippen LogP contribution in [0.5, 0.6) is 0 Å². The summed E-state index contributed by atoms with van der Waals surface area (Å²) in [5.74, 6) is -1.02. The van der Waals surface area contributed by atoms with E-state index >= 15 is 0 Å². The number of nitrogens with two attached hydrogens (primary N) is 1. The lowest BCUT2D eigenvalue weighted by atomic mass is 10.0. The van der Waals surface area contributed by atoms with Crippen LogP contribution in [0, 0.1) is 0 Å². The summed E-state index contributed by atoms with van der Waals surface area (Å²) in [6.45, 7) is 3.95. The first-order chi connectivity index (χ1) is 9.41. The highest BCUT2D eigenvalue weighted by Crippen LogP contribution is 2.16. The highest BCUT2D eigenvalue weighted by Gasteiger charge is 2.20. The standard InChI is InChI=1S/C15H22N2O3/c1-11(2)17(9-8-15(19)20)14(18)10-13(16)12-6-4-3-5-7-12/h3-7,11,13H,8-10,16H2,1-2H3,(H,19,20). The Labute approximate surface area is 119 Å². The summed E-state index contributed by atoms with van der Waals surface area (Å²) >= 11 is 0. The molecule has 0 bridgehead atoms. The molecule has 1 aromatic rings. The minimum absolute atomic E-state index is 0.0372. The van der Waals surface area contributed by atoms with Gasteiger partial charge in [-0.1, -0.05) is 30.3 Å². The summed E-state index contributed by atoms with van der Waals surface area (Å²) in [4.78, 5) is 24.4. The van der Waals surface area contributed by atoms with E-state index in [-0.39, 0.29) is 37.4 Å².